The van der Waals surface area contributed by atoms with Gasteiger partial charge in [-0.25, -0.2) is 4.79 Å². The highest BCUT2D eigenvalue weighted by Gasteiger charge is 2.17. The van der Waals surface area contributed by atoms with Gasteiger partial charge in [-0.15, -0.1) is 0 Å². The Morgan fingerprint density at radius 3 is 2.63 bits per heavy atom. The van der Waals surface area contributed by atoms with Crippen LogP contribution in [0.3, 0.4) is 0 Å². The fourth-order valence-corrected chi connectivity index (χ4v) is 3.58. The summed E-state index contributed by atoms with van der Waals surface area (Å²) in [6.45, 7) is 6.54. The average molecular weight is 367 g/mol. The number of rotatable bonds is 5. The molecule has 2 N–H and O–H groups in total. The Kier molecular flexibility index (Phi) is 6.22. The molecule has 1 saturated heterocycles. The van der Waals surface area contributed by atoms with Gasteiger partial charge in [0.05, 0.1) is 18.8 Å². The molecule has 0 saturated carbocycles. The number of nitrogens with one attached hydrogen (secondary N) is 2. The zero-order valence-corrected chi connectivity index (χ0v) is 16.4. The highest BCUT2D eigenvalue weighted by Crippen LogP contribution is 2.25. The number of hydrogen-bond acceptors (Lipinski definition) is 3. The van der Waals surface area contributed by atoms with Gasteiger partial charge in [-0.3, -0.25) is 0 Å². The van der Waals surface area contributed by atoms with E-state index in [1.807, 2.05) is 31.2 Å². The third-order valence-corrected chi connectivity index (χ3v) is 5.12. The summed E-state index contributed by atoms with van der Waals surface area (Å²) in [6, 6.07) is 15.5. The molecule has 2 unspecified atom stereocenters. The molecule has 5 nitrogen and oxygen atoms in total. The summed E-state index contributed by atoms with van der Waals surface area (Å²) < 4.78 is 5.27. The Morgan fingerprint density at radius 2 is 1.93 bits per heavy atom. The van der Waals surface area contributed by atoms with Crippen LogP contribution in [0, 0.1) is 5.92 Å². The number of benzene rings is 2. The first kappa shape index (κ1) is 19.1. The smallest absolute Gasteiger partial charge is 0.319 e. The second-order valence-electron chi connectivity index (χ2n) is 7.31. The summed E-state index contributed by atoms with van der Waals surface area (Å²) in [5.41, 5.74) is 2.99. The fraction of sp³-hybridized carbons (Fsp3) is 0.409. The van der Waals surface area contributed by atoms with Crippen molar-refractivity contribution in [1.82, 2.24) is 5.32 Å². The molecule has 5 heteroatoms. The zero-order chi connectivity index (χ0) is 19.2. The van der Waals surface area contributed by atoms with Gasteiger partial charge in [0.2, 0.25) is 0 Å². The number of nitrogens with zero attached hydrogens (tertiary/aromatic N) is 1. The number of urea groups is 1. The third kappa shape index (κ3) is 4.94. The van der Waals surface area contributed by atoms with E-state index in [1.54, 1.807) is 7.11 Å². The van der Waals surface area contributed by atoms with Crippen LogP contribution in [0.25, 0.3) is 0 Å². The molecule has 1 aliphatic rings. The number of para-hydroxylation sites is 2. The Hall–Kier alpha value is -2.69. The van der Waals surface area contributed by atoms with Gasteiger partial charge in [-0.1, -0.05) is 31.2 Å². The molecule has 2 aromatic carbocycles. The largest absolute Gasteiger partial charge is 0.495 e. The molecular weight excluding hydrogens is 338 g/mol. The maximum Gasteiger partial charge on any atom is 0.319 e. The lowest BCUT2D eigenvalue weighted by Gasteiger charge is -2.33. The molecule has 0 radical (unpaired) electrons. The first-order chi connectivity index (χ1) is 13.1. The maximum absolute atomic E-state index is 12.3. The van der Waals surface area contributed by atoms with E-state index in [4.69, 9.17) is 4.74 Å². The second-order valence-corrected chi connectivity index (χ2v) is 7.31. The number of anilines is 2. The Bertz CT molecular complexity index is 760. The second kappa shape index (κ2) is 8.80. The van der Waals surface area contributed by atoms with Crippen molar-refractivity contribution in [2.45, 2.75) is 32.7 Å². The van der Waals surface area contributed by atoms with E-state index in [0.717, 1.165) is 24.6 Å². The minimum atomic E-state index is -0.249. The van der Waals surface area contributed by atoms with Crippen LogP contribution in [0.2, 0.25) is 0 Å². The van der Waals surface area contributed by atoms with Crippen molar-refractivity contribution in [2.24, 2.45) is 5.92 Å². The highest BCUT2D eigenvalue weighted by molar-refractivity contribution is 5.91. The molecular formula is C22H29N3O2. The van der Waals surface area contributed by atoms with E-state index in [2.05, 4.69) is 46.7 Å². The number of carbonyl (C=O) groups is 1. The van der Waals surface area contributed by atoms with E-state index < -0.39 is 0 Å². The van der Waals surface area contributed by atoms with Gasteiger partial charge in [-0.2, -0.15) is 0 Å². The summed E-state index contributed by atoms with van der Waals surface area (Å²) in [4.78, 5) is 14.8. The summed E-state index contributed by atoms with van der Waals surface area (Å²) in [7, 11) is 1.59. The molecule has 3 rings (SSSR count). The number of carbonyl (C=O) groups excluding carboxylic acids is 1. The zero-order valence-electron chi connectivity index (χ0n) is 16.4. The SMILES string of the molecule is COc1ccccc1NC(=O)NC(C)c1ccc(N2CCCC(C)C2)cc1. The highest BCUT2D eigenvalue weighted by atomic mass is 16.5. The van der Waals surface area contributed by atoms with Crippen LogP contribution in [0.1, 0.15) is 38.3 Å². The van der Waals surface area contributed by atoms with E-state index in [-0.39, 0.29) is 12.1 Å². The number of methoxy groups -OCH3 is 1. The van der Waals surface area contributed by atoms with Crippen molar-refractivity contribution in [3.8, 4) is 5.75 Å². The lowest BCUT2D eigenvalue weighted by Crippen LogP contribution is -2.34. The first-order valence-corrected chi connectivity index (χ1v) is 9.62. The molecule has 1 fully saturated rings. The standard InChI is InChI=1S/C22H29N3O2/c1-16-7-6-14-25(15-16)19-12-10-18(11-13-19)17(2)23-22(26)24-20-8-4-5-9-21(20)27-3/h4-5,8-13,16-17H,6-7,14-15H2,1-3H3,(H2,23,24,26). The van der Waals surface area contributed by atoms with Crippen molar-refractivity contribution in [3.05, 3.63) is 54.1 Å². The molecule has 0 aliphatic carbocycles. The normalized spacial score (nSPS) is 17.9. The van der Waals surface area contributed by atoms with Gasteiger partial charge in [0, 0.05) is 18.8 Å². The van der Waals surface area contributed by atoms with Gasteiger partial charge in [-0.05, 0) is 55.5 Å². The number of piperidine rings is 1. The summed E-state index contributed by atoms with van der Waals surface area (Å²) in [6.07, 6.45) is 2.57. The van der Waals surface area contributed by atoms with Crippen LogP contribution in [0.15, 0.2) is 48.5 Å². The lowest BCUT2D eigenvalue weighted by molar-refractivity contribution is 0.249. The molecule has 144 valence electrons. The van der Waals surface area contributed by atoms with Gasteiger partial charge >= 0.3 is 6.03 Å². The van der Waals surface area contributed by atoms with Crippen molar-refractivity contribution in [1.29, 1.82) is 0 Å². The molecule has 0 aromatic heterocycles. The Morgan fingerprint density at radius 1 is 1.19 bits per heavy atom. The molecule has 2 aromatic rings. The van der Waals surface area contributed by atoms with Gasteiger partial charge in [0.15, 0.2) is 0 Å². The van der Waals surface area contributed by atoms with Gasteiger partial charge < -0.3 is 20.3 Å². The number of amides is 2. The van der Waals surface area contributed by atoms with Crippen LogP contribution in [0.4, 0.5) is 16.2 Å². The Balaban J connectivity index is 1.59. The van der Waals surface area contributed by atoms with E-state index in [1.165, 1.54) is 18.5 Å². The van der Waals surface area contributed by atoms with Crippen LogP contribution in [-0.2, 0) is 0 Å². The Labute approximate surface area is 161 Å². The van der Waals surface area contributed by atoms with E-state index in [9.17, 15) is 4.79 Å². The molecule has 27 heavy (non-hydrogen) atoms. The molecule has 2 atom stereocenters. The number of hydrogen-bond donors (Lipinski definition) is 2. The molecule has 0 bridgehead atoms. The van der Waals surface area contributed by atoms with E-state index >= 15 is 0 Å². The first-order valence-electron chi connectivity index (χ1n) is 9.62. The molecule has 0 spiro atoms. The maximum atomic E-state index is 12.3. The summed E-state index contributed by atoms with van der Waals surface area (Å²) in [5.74, 6) is 1.39. The summed E-state index contributed by atoms with van der Waals surface area (Å²) in [5, 5.41) is 5.83. The fourth-order valence-electron chi connectivity index (χ4n) is 3.58. The van der Waals surface area contributed by atoms with Crippen molar-refractivity contribution in [3.63, 3.8) is 0 Å². The quantitative estimate of drug-likeness (QED) is 0.797. The lowest BCUT2D eigenvalue weighted by atomic mass is 9.99. The van der Waals surface area contributed by atoms with Crippen molar-refractivity contribution in [2.75, 3.05) is 30.4 Å². The van der Waals surface area contributed by atoms with Crippen molar-refractivity contribution >= 4 is 17.4 Å². The average Bonchev–Trinajstić information content (AvgIpc) is 2.68. The monoisotopic (exact) mass is 367 g/mol. The predicted molar refractivity (Wildman–Crippen MR) is 111 cm³/mol. The van der Waals surface area contributed by atoms with Crippen LogP contribution < -0.4 is 20.3 Å². The van der Waals surface area contributed by atoms with Gasteiger partial charge in [0.25, 0.3) is 0 Å². The topological polar surface area (TPSA) is 53.6 Å². The molecule has 1 aliphatic heterocycles. The molecule has 2 amide bonds. The van der Waals surface area contributed by atoms with Crippen LogP contribution in [-0.4, -0.2) is 26.2 Å². The van der Waals surface area contributed by atoms with Gasteiger partial charge in [0.1, 0.15) is 5.75 Å². The minimum Gasteiger partial charge on any atom is -0.495 e. The van der Waals surface area contributed by atoms with E-state index in [0.29, 0.717) is 11.4 Å². The van der Waals surface area contributed by atoms with Crippen molar-refractivity contribution < 1.29 is 9.53 Å². The van der Waals surface area contributed by atoms with Crippen LogP contribution in [0.5, 0.6) is 5.75 Å². The third-order valence-electron chi connectivity index (χ3n) is 5.12. The predicted octanol–water partition coefficient (Wildman–Crippen LogP) is 4.81. The number of ether oxygens (including phenoxy) is 1. The van der Waals surface area contributed by atoms with Crippen LogP contribution >= 0.6 is 0 Å². The minimum absolute atomic E-state index is 0.0889. The molecule has 1 heterocycles. The summed E-state index contributed by atoms with van der Waals surface area (Å²) >= 11 is 0.